The van der Waals surface area contributed by atoms with Crippen LogP contribution in [0.5, 0.6) is 5.75 Å². The van der Waals surface area contributed by atoms with E-state index < -0.39 is 11.6 Å². The number of aromatic nitrogens is 3. The molecule has 0 saturated carbocycles. The highest BCUT2D eigenvalue weighted by Gasteiger charge is 2.37. The monoisotopic (exact) mass is 536 g/mol. The number of rotatable bonds is 13. The van der Waals surface area contributed by atoms with Crippen LogP contribution in [0.1, 0.15) is 42.1 Å². The first-order valence-corrected chi connectivity index (χ1v) is 13.8. The standard InChI is InChI=1S/C33H36N4O3/c1-3-4-21-40-23-29(38)22-28-17-20-31-32(34-24-35-37(28)31)36-33(25-11-7-5-8-12-25,26-13-9-6-10-14-26)27-15-18-30(39-2)19-16-27/h5-20,24,29,38H,3-4,21-23H2,1-2H3,(H,34,35,36)/t29-/m0/s1. The molecule has 0 aliphatic heterocycles. The Morgan fingerprint density at radius 3 is 2.15 bits per heavy atom. The van der Waals surface area contributed by atoms with Crippen LogP contribution in [0.4, 0.5) is 5.82 Å². The highest BCUT2D eigenvalue weighted by molar-refractivity contribution is 5.72. The van der Waals surface area contributed by atoms with Crippen molar-refractivity contribution >= 4 is 11.3 Å². The first-order valence-electron chi connectivity index (χ1n) is 13.8. The molecular formula is C33H36N4O3. The van der Waals surface area contributed by atoms with Gasteiger partial charge < -0.3 is 19.9 Å². The van der Waals surface area contributed by atoms with Crippen LogP contribution in [0, 0.1) is 0 Å². The SMILES string of the molecule is CCCCOC[C@@H](O)Cc1ccc2c(NC(c3ccccc3)(c3ccccc3)c3ccc(OC)cc3)ncnn12. The molecule has 7 nitrogen and oxygen atoms in total. The minimum Gasteiger partial charge on any atom is -0.497 e. The zero-order valence-corrected chi connectivity index (χ0v) is 23.0. The lowest BCUT2D eigenvalue weighted by atomic mass is 9.77. The Morgan fingerprint density at radius 2 is 1.52 bits per heavy atom. The van der Waals surface area contributed by atoms with Gasteiger partial charge in [0.25, 0.3) is 0 Å². The molecule has 206 valence electrons. The number of methoxy groups -OCH3 is 1. The summed E-state index contributed by atoms with van der Waals surface area (Å²) in [5, 5.41) is 19.0. The van der Waals surface area contributed by atoms with Crippen LogP contribution in [0.15, 0.2) is 103 Å². The van der Waals surface area contributed by atoms with Gasteiger partial charge in [-0.05, 0) is 47.4 Å². The van der Waals surface area contributed by atoms with Gasteiger partial charge in [0.15, 0.2) is 5.82 Å². The van der Waals surface area contributed by atoms with Crippen LogP contribution in [0.25, 0.3) is 5.52 Å². The highest BCUT2D eigenvalue weighted by atomic mass is 16.5. The van der Waals surface area contributed by atoms with E-state index in [0.29, 0.717) is 25.5 Å². The molecule has 5 aromatic rings. The summed E-state index contributed by atoms with van der Waals surface area (Å²) >= 11 is 0. The van der Waals surface area contributed by atoms with E-state index in [0.717, 1.165) is 46.5 Å². The summed E-state index contributed by atoms with van der Waals surface area (Å²) < 4.78 is 12.9. The maximum Gasteiger partial charge on any atom is 0.155 e. The van der Waals surface area contributed by atoms with Gasteiger partial charge in [-0.25, -0.2) is 9.50 Å². The molecule has 0 amide bonds. The molecule has 0 bridgehead atoms. The van der Waals surface area contributed by atoms with E-state index in [-0.39, 0.29) is 0 Å². The van der Waals surface area contributed by atoms with Gasteiger partial charge in [-0.2, -0.15) is 5.10 Å². The minimum atomic E-state index is -0.763. The molecule has 7 heteroatoms. The van der Waals surface area contributed by atoms with Crippen molar-refractivity contribution in [1.82, 2.24) is 14.6 Å². The maximum absolute atomic E-state index is 10.6. The Morgan fingerprint density at radius 1 is 0.875 bits per heavy atom. The summed E-state index contributed by atoms with van der Waals surface area (Å²) in [6.07, 6.45) is 3.42. The Bertz CT molecular complexity index is 1450. The number of aliphatic hydroxyl groups is 1. The largest absolute Gasteiger partial charge is 0.497 e. The third-order valence-corrected chi connectivity index (χ3v) is 7.17. The molecule has 3 aromatic carbocycles. The first-order chi connectivity index (χ1) is 19.7. The third-order valence-electron chi connectivity index (χ3n) is 7.17. The van der Waals surface area contributed by atoms with E-state index >= 15 is 0 Å². The lowest BCUT2D eigenvalue weighted by Crippen LogP contribution is -2.38. The van der Waals surface area contributed by atoms with Crippen LogP contribution < -0.4 is 10.1 Å². The molecule has 0 aliphatic carbocycles. The average molecular weight is 537 g/mol. The summed E-state index contributed by atoms with van der Waals surface area (Å²) in [5.41, 5.74) is 4.11. The summed E-state index contributed by atoms with van der Waals surface area (Å²) in [6, 6.07) is 32.9. The van der Waals surface area contributed by atoms with Crippen molar-refractivity contribution in [2.75, 3.05) is 25.6 Å². The molecule has 1 atom stereocenters. The van der Waals surface area contributed by atoms with E-state index in [2.05, 4.69) is 53.7 Å². The molecule has 0 aliphatic rings. The minimum absolute atomic E-state index is 0.298. The van der Waals surface area contributed by atoms with Crippen molar-refractivity contribution in [2.45, 2.75) is 37.8 Å². The lowest BCUT2D eigenvalue weighted by Gasteiger charge is -2.37. The van der Waals surface area contributed by atoms with Gasteiger partial charge in [-0.3, -0.25) is 0 Å². The van der Waals surface area contributed by atoms with Crippen molar-refractivity contribution in [3.8, 4) is 5.75 Å². The highest BCUT2D eigenvalue weighted by Crippen LogP contribution is 2.41. The molecule has 0 spiro atoms. The molecule has 40 heavy (non-hydrogen) atoms. The number of benzene rings is 3. The Balaban J connectivity index is 1.58. The fraction of sp³-hybridized carbons (Fsp3) is 0.273. The maximum atomic E-state index is 10.6. The van der Waals surface area contributed by atoms with Gasteiger partial charge in [-0.15, -0.1) is 0 Å². The van der Waals surface area contributed by atoms with Crippen molar-refractivity contribution in [1.29, 1.82) is 0 Å². The first kappa shape index (κ1) is 27.4. The fourth-order valence-electron chi connectivity index (χ4n) is 5.12. The van der Waals surface area contributed by atoms with E-state index in [4.69, 9.17) is 14.5 Å². The number of hydrogen-bond donors (Lipinski definition) is 2. The molecule has 0 saturated heterocycles. The quantitative estimate of drug-likeness (QED) is 0.145. The lowest BCUT2D eigenvalue weighted by molar-refractivity contribution is 0.0353. The summed E-state index contributed by atoms with van der Waals surface area (Å²) in [4.78, 5) is 4.71. The van der Waals surface area contributed by atoms with Gasteiger partial charge >= 0.3 is 0 Å². The number of unbranched alkanes of at least 4 members (excludes halogenated alkanes) is 1. The Kier molecular flexibility index (Phi) is 8.74. The van der Waals surface area contributed by atoms with Gasteiger partial charge in [0.2, 0.25) is 0 Å². The second-order valence-corrected chi connectivity index (χ2v) is 9.85. The molecule has 0 radical (unpaired) electrons. The predicted octanol–water partition coefficient (Wildman–Crippen LogP) is 5.86. The van der Waals surface area contributed by atoms with Gasteiger partial charge in [-0.1, -0.05) is 86.1 Å². The van der Waals surface area contributed by atoms with Gasteiger partial charge in [0.05, 0.1) is 19.8 Å². The van der Waals surface area contributed by atoms with Crippen LogP contribution in [-0.2, 0) is 16.7 Å². The zero-order valence-electron chi connectivity index (χ0n) is 23.0. The summed E-state index contributed by atoms with van der Waals surface area (Å²) in [5.74, 6) is 1.47. The van der Waals surface area contributed by atoms with Crippen molar-refractivity contribution in [2.24, 2.45) is 0 Å². The average Bonchev–Trinajstić information content (AvgIpc) is 3.42. The fourth-order valence-corrected chi connectivity index (χ4v) is 5.12. The van der Waals surface area contributed by atoms with E-state index in [1.165, 1.54) is 0 Å². The van der Waals surface area contributed by atoms with Crippen LogP contribution in [0.3, 0.4) is 0 Å². The van der Waals surface area contributed by atoms with E-state index in [1.807, 2.05) is 65.2 Å². The number of ether oxygens (including phenoxy) is 2. The summed E-state index contributed by atoms with van der Waals surface area (Å²) in [7, 11) is 1.67. The second kappa shape index (κ2) is 12.8. The number of aliphatic hydroxyl groups excluding tert-OH is 1. The second-order valence-electron chi connectivity index (χ2n) is 9.85. The Hall–Kier alpha value is -4.20. The van der Waals surface area contributed by atoms with Crippen molar-refractivity contribution < 1.29 is 14.6 Å². The predicted molar refractivity (Wildman–Crippen MR) is 158 cm³/mol. The number of hydrogen-bond acceptors (Lipinski definition) is 6. The van der Waals surface area contributed by atoms with Crippen LogP contribution in [0.2, 0.25) is 0 Å². The van der Waals surface area contributed by atoms with Gasteiger partial charge in [0.1, 0.15) is 23.1 Å². The van der Waals surface area contributed by atoms with Crippen molar-refractivity contribution in [3.63, 3.8) is 0 Å². The number of nitrogens with zero attached hydrogens (tertiary/aromatic N) is 3. The summed E-state index contributed by atoms with van der Waals surface area (Å²) in [6.45, 7) is 3.08. The molecule has 2 aromatic heterocycles. The number of anilines is 1. The molecule has 0 fully saturated rings. The van der Waals surface area contributed by atoms with Gasteiger partial charge in [0, 0.05) is 18.7 Å². The third kappa shape index (κ3) is 5.71. The normalized spacial score (nSPS) is 12.4. The van der Waals surface area contributed by atoms with E-state index in [1.54, 1.807) is 13.4 Å². The smallest absolute Gasteiger partial charge is 0.155 e. The molecule has 2 heterocycles. The van der Waals surface area contributed by atoms with Crippen molar-refractivity contribution in [3.05, 3.63) is 126 Å². The molecular weight excluding hydrogens is 500 g/mol. The molecule has 5 rings (SSSR count). The molecule has 2 N–H and O–H groups in total. The molecule has 0 unspecified atom stereocenters. The van der Waals surface area contributed by atoms with E-state index in [9.17, 15) is 5.11 Å². The Labute approximate surface area is 235 Å². The van der Waals surface area contributed by atoms with Crippen LogP contribution in [-0.4, -0.2) is 46.1 Å². The topological polar surface area (TPSA) is 80.9 Å². The number of nitrogens with one attached hydrogen (secondary N) is 1. The number of fused-ring (bicyclic) bond motifs is 1. The zero-order chi connectivity index (χ0) is 27.8. The van der Waals surface area contributed by atoms with Crippen LogP contribution >= 0.6 is 0 Å².